The maximum absolute atomic E-state index is 12.6. The van der Waals surface area contributed by atoms with Crippen LogP contribution in [0.1, 0.15) is 25.2 Å². The van der Waals surface area contributed by atoms with Crippen LogP contribution in [-0.4, -0.2) is 66.1 Å². The number of amides is 1. The summed E-state index contributed by atoms with van der Waals surface area (Å²) in [5, 5.41) is 1.08. The summed E-state index contributed by atoms with van der Waals surface area (Å²) in [4.78, 5) is 21.2. The highest BCUT2D eigenvalue weighted by Crippen LogP contribution is 2.30. The van der Waals surface area contributed by atoms with Crippen LogP contribution in [0.3, 0.4) is 0 Å². The molecule has 2 saturated heterocycles. The van der Waals surface area contributed by atoms with Gasteiger partial charge in [-0.3, -0.25) is 9.69 Å². The molecule has 1 atom stereocenters. The lowest BCUT2D eigenvalue weighted by Gasteiger charge is -2.35. The highest BCUT2D eigenvalue weighted by Gasteiger charge is 2.25. The van der Waals surface area contributed by atoms with Crippen LogP contribution in [0.25, 0.3) is 11.3 Å². The minimum absolute atomic E-state index is 0.144. The molecule has 2 aromatic rings. The molecular weight excluding hydrogens is 413 g/mol. The van der Waals surface area contributed by atoms with Crippen molar-refractivity contribution in [3.8, 4) is 11.3 Å². The molecule has 3 heterocycles. The zero-order valence-corrected chi connectivity index (χ0v) is 17.8. The maximum Gasteiger partial charge on any atom is 0.223 e. The monoisotopic (exact) mass is 437 g/mol. The van der Waals surface area contributed by atoms with Crippen molar-refractivity contribution in [2.75, 3.05) is 39.3 Å². The Hall–Kier alpha value is -1.60. The molecule has 6 nitrogen and oxygen atoms in total. The van der Waals surface area contributed by atoms with Crippen LogP contribution in [0.2, 0.25) is 10.0 Å². The van der Waals surface area contributed by atoms with Gasteiger partial charge in [-0.15, -0.1) is 0 Å². The van der Waals surface area contributed by atoms with E-state index in [1.807, 2.05) is 4.90 Å². The first-order valence-corrected chi connectivity index (χ1v) is 10.9. The van der Waals surface area contributed by atoms with Crippen molar-refractivity contribution in [2.24, 2.45) is 0 Å². The smallest absolute Gasteiger partial charge is 0.223 e. The minimum Gasteiger partial charge on any atom is -0.441 e. The lowest BCUT2D eigenvalue weighted by molar-refractivity contribution is -0.133. The molecule has 8 heteroatoms. The van der Waals surface area contributed by atoms with Gasteiger partial charge in [-0.25, -0.2) is 4.98 Å². The van der Waals surface area contributed by atoms with Gasteiger partial charge in [0.1, 0.15) is 0 Å². The fourth-order valence-corrected chi connectivity index (χ4v) is 4.37. The Morgan fingerprint density at radius 2 is 2.03 bits per heavy atom. The molecule has 0 radical (unpaired) electrons. The first-order chi connectivity index (χ1) is 14.1. The Morgan fingerprint density at radius 3 is 2.76 bits per heavy atom. The van der Waals surface area contributed by atoms with E-state index in [0.717, 1.165) is 57.7 Å². The SMILES string of the molecule is O=C(CCc1ncc(-c2ccc(Cl)cc2Cl)o1)N1CCN(CC2CCCO2)CC1. The maximum atomic E-state index is 12.6. The van der Waals surface area contributed by atoms with Gasteiger partial charge in [0.15, 0.2) is 11.7 Å². The van der Waals surface area contributed by atoms with Gasteiger partial charge in [0.2, 0.25) is 5.91 Å². The van der Waals surface area contributed by atoms with Crippen molar-refractivity contribution >= 4 is 29.1 Å². The van der Waals surface area contributed by atoms with Crippen molar-refractivity contribution < 1.29 is 13.9 Å². The van der Waals surface area contributed by atoms with Gasteiger partial charge < -0.3 is 14.1 Å². The summed E-state index contributed by atoms with van der Waals surface area (Å²) in [6, 6.07) is 5.23. The third-order valence-corrected chi connectivity index (χ3v) is 6.06. The van der Waals surface area contributed by atoms with E-state index in [4.69, 9.17) is 32.4 Å². The summed E-state index contributed by atoms with van der Waals surface area (Å²) in [7, 11) is 0. The van der Waals surface area contributed by atoms with Crippen molar-refractivity contribution in [3.05, 3.63) is 40.3 Å². The third-order valence-electron chi connectivity index (χ3n) is 5.51. The van der Waals surface area contributed by atoms with Crippen LogP contribution in [-0.2, 0) is 16.0 Å². The highest BCUT2D eigenvalue weighted by atomic mass is 35.5. The van der Waals surface area contributed by atoms with Crippen molar-refractivity contribution in [2.45, 2.75) is 31.8 Å². The van der Waals surface area contributed by atoms with E-state index in [1.165, 1.54) is 0 Å². The first kappa shape index (κ1) is 20.7. The Kier molecular flexibility index (Phi) is 6.75. The van der Waals surface area contributed by atoms with Crippen LogP contribution < -0.4 is 0 Å². The van der Waals surface area contributed by atoms with Gasteiger partial charge in [-0.05, 0) is 31.0 Å². The molecule has 156 valence electrons. The largest absolute Gasteiger partial charge is 0.441 e. The van der Waals surface area contributed by atoms with Crippen LogP contribution in [0.4, 0.5) is 0 Å². The van der Waals surface area contributed by atoms with Crippen LogP contribution in [0, 0.1) is 0 Å². The number of hydrogen-bond acceptors (Lipinski definition) is 5. The average Bonchev–Trinajstić information content (AvgIpc) is 3.39. The number of ether oxygens (including phenoxy) is 1. The van der Waals surface area contributed by atoms with Gasteiger partial charge in [-0.2, -0.15) is 0 Å². The van der Waals surface area contributed by atoms with Crippen molar-refractivity contribution in [1.29, 1.82) is 0 Å². The Labute approximate surface area is 180 Å². The van der Waals surface area contributed by atoms with E-state index < -0.39 is 0 Å². The highest BCUT2D eigenvalue weighted by molar-refractivity contribution is 6.36. The number of carbonyl (C=O) groups is 1. The van der Waals surface area contributed by atoms with Crippen LogP contribution in [0.15, 0.2) is 28.8 Å². The van der Waals surface area contributed by atoms with E-state index in [2.05, 4.69) is 9.88 Å². The van der Waals surface area contributed by atoms with E-state index >= 15 is 0 Å². The van der Waals surface area contributed by atoms with E-state index in [-0.39, 0.29) is 5.91 Å². The molecule has 29 heavy (non-hydrogen) atoms. The summed E-state index contributed by atoms with van der Waals surface area (Å²) in [6.07, 6.45) is 5.18. The lowest BCUT2D eigenvalue weighted by Crippen LogP contribution is -2.50. The molecule has 1 aromatic heterocycles. The molecule has 2 aliphatic heterocycles. The van der Waals surface area contributed by atoms with Crippen molar-refractivity contribution in [3.63, 3.8) is 0 Å². The zero-order chi connectivity index (χ0) is 20.2. The second-order valence-electron chi connectivity index (χ2n) is 7.56. The van der Waals surface area contributed by atoms with Gasteiger partial charge in [0, 0.05) is 62.8 Å². The number of halogens is 2. The summed E-state index contributed by atoms with van der Waals surface area (Å²) >= 11 is 12.2. The molecule has 0 saturated carbocycles. The molecule has 4 rings (SSSR count). The van der Waals surface area contributed by atoms with E-state index in [0.29, 0.717) is 40.6 Å². The zero-order valence-electron chi connectivity index (χ0n) is 16.3. The minimum atomic E-state index is 0.144. The lowest BCUT2D eigenvalue weighted by atomic mass is 10.2. The Morgan fingerprint density at radius 1 is 1.21 bits per heavy atom. The van der Waals surface area contributed by atoms with Gasteiger partial charge in [0.05, 0.1) is 17.3 Å². The van der Waals surface area contributed by atoms with Crippen LogP contribution in [0.5, 0.6) is 0 Å². The fraction of sp³-hybridized carbons (Fsp3) is 0.524. The molecular formula is C21H25Cl2N3O3. The number of aromatic nitrogens is 1. The third kappa shape index (κ3) is 5.31. The summed E-state index contributed by atoms with van der Waals surface area (Å²) < 4.78 is 11.5. The molecule has 1 unspecified atom stereocenters. The summed E-state index contributed by atoms with van der Waals surface area (Å²) in [6.45, 7) is 5.21. The number of aryl methyl sites for hydroxylation is 1. The summed E-state index contributed by atoms with van der Waals surface area (Å²) in [5.74, 6) is 1.26. The van der Waals surface area contributed by atoms with E-state index in [1.54, 1.807) is 24.4 Å². The summed E-state index contributed by atoms with van der Waals surface area (Å²) in [5.41, 5.74) is 0.739. The quantitative estimate of drug-likeness (QED) is 0.685. The van der Waals surface area contributed by atoms with Crippen LogP contribution >= 0.6 is 23.2 Å². The number of carbonyl (C=O) groups excluding carboxylic acids is 1. The predicted molar refractivity (Wildman–Crippen MR) is 112 cm³/mol. The molecule has 2 aliphatic rings. The average molecular weight is 438 g/mol. The number of benzene rings is 1. The van der Waals surface area contributed by atoms with E-state index in [9.17, 15) is 4.79 Å². The fourth-order valence-electron chi connectivity index (χ4n) is 3.87. The second kappa shape index (κ2) is 9.47. The molecule has 2 fully saturated rings. The molecule has 1 amide bonds. The number of rotatable bonds is 6. The normalized spacial score (nSPS) is 20.3. The Bertz CT molecular complexity index is 843. The molecule has 0 N–H and O–H groups in total. The topological polar surface area (TPSA) is 58.8 Å². The molecule has 0 spiro atoms. The molecule has 0 bridgehead atoms. The number of oxazole rings is 1. The standard InChI is InChI=1S/C21H25Cl2N3O3/c22-15-3-4-17(18(23)12-15)19-13-24-20(29-19)5-6-21(27)26-9-7-25(8-10-26)14-16-2-1-11-28-16/h3-4,12-13,16H,1-2,5-11,14H2. The number of piperazine rings is 1. The predicted octanol–water partition coefficient (Wildman–Crippen LogP) is 3.90. The molecule has 0 aliphatic carbocycles. The van der Waals surface area contributed by atoms with Crippen molar-refractivity contribution in [1.82, 2.24) is 14.8 Å². The van der Waals surface area contributed by atoms with Gasteiger partial charge in [-0.1, -0.05) is 23.2 Å². The number of nitrogens with zero attached hydrogens (tertiary/aromatic N) is 3. The van der Waals surface area contributed by atoms with Gasteiger partial charge in [0.25, 0.3) is 0 Å². The second-order valence-corrected chi connectivity index (χ2v) is 8.40. The molecule has 1 aromatic carbocycles. The number of hydrogen-bond donors (Lipinski definition) is 0. The Balaban J connectivity index is 1.24. The van der Waals surface area contributed by atoms with Gasteiger partial charge >= 0.3 is 0 Å². The first-order valence-electron chi connectivity index (χ1n) is 10.1.